The van der Waals surface area contributed by atoms with E-state index in [1.54, 1.807) is 5.38 Å². The zero-order valence-corrected chi connectivity index (χ0v) is 13.6. The molecule has 0 aliphatic heterocycles. The molecule has 2 rings (SSSR count). The van der Waals surface area contributed by atoms with Gasteiger partial charge in [-0.1, -0.05) is 17.8 Å². The molecular formula is C13H15N3O3S2. The normalized spacial score (nSPS) is 10.4. The number of esters is 1. The molecule has 0 aliphatic carbocycles. The topological polar surface area (TPSA) is 81.2 Å². The summed E-state index contributed by atoms with van der Waals surface area (Å²) in [4.78, 5) is 24.9. The van der Waals surface area contributed by atoms with Gasteiger partial charge in [-0.15, -0.1) is 16.4 Å². The SMILES string of the molecule is CCCc1nnsc1C(=O)Nc1c(C)csc1C(=O)OC. The highest BCUT2D eigenvalue weighted by atomic mass is 32.1. The molecule has 0 aromatic carbocycles. The molecule has 1 N–H and O–H groups in total. The predicted octanol–water partition coefficient (Wildman–Crippen LogP) is 2.90. The maximum atomic E-state index is 12.4. The van der Waals surface area contributed by atoms with Crippen molar-refractivity contribution in [3.8, 4) is 0 Å². The Morgan fingerprint density at radius 3 is 2.81 bits per heavy atom. The van der Waals surface area contributed by atoms with Crippen LogP contribution in [0.1, 0.15) is 43.9 Å². The fourth-order valence-electron chi connectivity index (χ4n) is 1.79. The van der Waals surface area contributed by atoms with Crippen molar-refractivity contribution in [2.24, 2.45) is 0 Å². The molecule has 2 aromatic rings. The van der Waals surface area contributed by atoms with Crippen LogP contribution in [0, 0.1) is 6.92 Å². The number of carbonyl (C=O) groups excluding carboxylic acids is 2. The molecule has 0 bridgehead atoms. The van der Waals surface area contributed by atoms with Crippen LogP contribution >= 0.6 is 22.9 Å². The van der Waals surface area contributed by atoms with Crippen LogP contribution in [0.5, 0.6) is 0 Å². The molecule has 0 atom stereocenters. The molecule has 6 nitrogen and oxygen atoms in total. The first-order chi connectivity index (χ1) is 10.1. The Morgan fingerprint density at radius 2 is 2.14 bits per heavy atom. The second-order valence-corrected chi connectivity index (χ2v) is 6.00. The number of nitrogens with one attached hydrogen (secondary N) is 1. The van der Waals surface area contributed by atoms with Gasteiger partial charge in [0, 0.05) is 0 Å². The summed E-state index contributed by atoms with van der Waals surface area (Å²) in [5, 5.41) is 8.55. The highest BCUT2D eigenvalue weighted by Gasteiger charge is 2.22. The first-order valence-corrected chi connectivity index (χ1v) is 8.02. The molecule has 21 heavy (non-hydrogen) atoms. The molecule has 0 radical (unpaired) electrons. The Morgan fingerprint density at radius 1 is 1.38 bits per heavy atom. The summed E-state index contributed by atoms with van der Waals surface area (Å²) in [5.74, 6) is -0.750. The van der Waals surface area contributed by atoms with E-state index in [0.29, 0.717) is 27.6 Å². The standard InChI is InChI=1S/C13H15N3O3S2/c1-4-5-8-10(21-16-15-8)12(17)14-9-7(2)6-20-11(9)13(18)19-3/h6H,4-5H2,1-3H3,(H,14,17). The minimum atomic E-state index is -0.459. The van der Waals surface area contributed by atoms with E-state index in [4.69, 9.17) is 4.74 Å². The van der Waals surface area contributed by atoms with Gasteiger partial charge in [-0.3, -0.25) is 4.79 Å². The minimum Gasteiger partial charge on any atom is -0.465 e. The van der Waals surface area contributed by atoms with Crippen LogP contribution in [-0.2, 0) is 11.2 Å². The number of anilines is 1. The molecule has 2 aromatic heterocycles. The Hall–Kier alpha value is -1.80. The summed E-state index contributed by atoms with van der Waals surface area (Å²) in [6.07, 6.45) is 1.59. The van der Waals surface area contributed by atoms with Gasteiger partial charge in [-0.05, 0) is 35.8 Å². The number of hydrogen-bond acceptors (Lipinski definition) is 7. The number of carbonyl (C=O) groups is 2. The van der Waals surface area contributed by atoms with Crippen molar-refractivity contribution in [1.29, 1.82) is 0 Å². The van der Waals surface area contributed by atoms with E-state index in [1.807, 2.05) is 13.8 Å². The second kappa shape index (κ2) is 6.77. The predicted molar refractivity (Wildman–Crippen MR) is 82.3 cm³/mol. The average Bonchev–Trinajstić information content (AvgIpc) is 3.07. The molecule has 2 heterocycles. The summed E-state index contributed by atoms with van der Waals surface area (Å²) < 4.78 is 8.55. The molecule has 8 heteroatoms. The maximum absolute atomic E-state index is 12.4. The van der Waals surface area contributed by atoms with Gasteiger partial charge in [0.05, 0.1) is 18.5 Å². The first kappa shape index (κ1) is 15.6. The largest absolute Gasteiger partial charge is 0.465 e. The van der Waals surface area contributed by atoms with Crippen molar-refractivity contribution in [2.45, 2.75) is 26.7 Å². The number of methoxy groups -OCH3 is 1. The second-order valence-electron chi connectivity index (χ2n) is 4.37. The summed E-state index contributed by atoms with van der Waals surface area (Å²) in [6, 6.07) is 0. The maximum Gasteiger partial charge on any atom is 0.350 e. The third kappa shape index (κ3) is 3.27. The van der Waals surface area contributed by atoms with Crippen LogP contribution in [-0.4, -0.2) is 28.6 Å². The summed E-state index contributed by atoms with van der Waals surface area (Å²) in [5.41, 5.74) is 2.00. The lowest BCUT2D eigenvalue weighted by atomic mass is 10.2. The molecule has 0 aliphatic rings. The van der Waals surface area contributed by atoms with E-state index >= 15 is 0 Å². The molecule has 0 fully saturated rings. The van der Waals surface area contributed by atoms with Crippen molar-refractivity contribution in [3.05, 3.63) is 26.4 Å². The van der Waals surface area contributed by atoms with Crippen LogP contribution in [0.3, 0.4) is 0 Å². The lowest BCUT2D eigenvalue weighted by Crippen LogP contribution is -2.15. The van der Waals surface area contributed by atoms with Gasteiger partial charge in [-0.25, -0.2) is 4.79 Å². The van der Waals surface area contributed by atoms with Gasteiger partial charge < -0.3 is 10.1 Å². The van der Waals surface area contributed by atoms with Crippen molar-refractivity contribution >= 4 is 40.4 Å². The fraction of sp³-hybridized carbons (Fsp3) is 0.385. The van der Waals surface area contributed by atoms with Crippen LogP contribution in [0.25, 0.3) is 0 Å². The highest BCUT2D eigenvalue weighted by Crippen LogP contribution is 2.29. The van der Waals surface area contributed by atoms with E-state index in [-0.39, 0.29) is 5.91 Å². The Bertz CT molecular complexity index is 663. The molecule has 0 unspecified atom stereocenters. The number of hydrogen-bond donors (Lipinski definition) is 1. The first-order valence-electron chi connectivity index (χ1n) is 6.37. The zero-order valence-electron chi connectivity index (χ0n) is 11.9. The summed E-state index contributed by atoms with van der Waals surface area (Å²) in [6.45, 7) is 3.84. The van der Waals surface area contributed by atoms with E-state index in [2.05, 4.69) is 14.9 Å². The third-order valence-corrected chi connectivity index (χ3v) is 4.68. The number of thiophene rings is 1. The van der Waals surface area contributed by atoms with Gasteiger partial charge in [-0.2, -0.15) is 0 Å². The van der Waals surface area contributed by atoms with Crippen molar-refractivity contribution in [3.63, 3.8) is 0 Å². The van der Waals surface area contributed by atoms with Crippen molar-refractivity contribution in [2.75, 3.05) is 12.4 Å². The Balaban J connectivity index is 2.25. The van der Waals surface area contributed by atoms with E-state index < -0.39 is 5.97 Å². The van der Waals surface area contributed by atoms with E-state index in [0.717, 1.165) is 23.5 Å². The van der Waals surface area contributed by atoms with Crippen molar-refractivity contribution < 1.29 is 14.3 Å². The Kier molecular flexibility index (Phi) is 5.03. The van der Waals surface area contributed by atoms with E-state index in [9.17, 15) is 9.59 Å². The van der Waals surface area contributed by atoms with Crippen LogP contribution in [0.15, 0.2) is 5.38 Å². The van der Waals surface area contributed by atoms with Gasteiger partial charge in [0.15, 0.2) is 0 Å². The molecule has 0 spiro atoms. The van der Waals surface area contributed by atoms with Gasteiger partial charge in [0.2, 0.25) is 0 Å². The molecule has 112 valence electrons. The minimum absolute atomic E-state index is 0.292. The molecular weight excluding hydrogens is 310 g/mol. The highest BCUT2D eigenvalue weighted by molar-refractivity contribution is 7.13. The van der Waals surface area contributed by atoms with Crippen LogP contribution in [0.4, 0.5) is 5.69 Å². The molecule has 0 saturated heterocycles. The van der Waals surface area contributed by atoms with Gasteiger partial charge in [0.1, 0.15) is 9.75 Å². The summed E-state index contributed by atoms with van der Waals surface area (Å²) >= 11 is 2.30. The number of rotatable bonds is 5. The quantitative estimate of drug-likeness (QED) is 0.855. The smallest absolute Gasteiger partial charge is 0.350 e. The number of nitrogens with zero attached hydrogens (tertiary/aromatic N) is 2. The fourth-order valence-corrected chi connectivity index (χ4v) is 3.32. The molecule has 1 amide bonds. The van der Waals surface area contributed by atoms with Gasteiger partial charge >= 0.3 is 5.97 Å². The number of ether oxygens (including phenoxy) is 1. The third-order valence-electron chi connectivity index (χ3n) is 2.83. The Labute approximate surface area is 130 Å². The van der Waals surface area contributed by atoms with Crippen LogP contribution in [0.2, 0.25) is 0 Å². The lowest BCUT2D eigenvalue weighted by molar-refractivity contribution is 0.0607. The van der Waals surface area contributed by atoms with Crippen LogP contribution < -0.4 is 5.32 Å². The summed E-state index contributed by atoms with van der Waals surface area (Å²) in [7, 11) is 1.31. The number of amides is 1. The number of aryl methyl sites for hydroxylation is 2. The van der Waals surface area contributed by atoms with Crippen molar-refractivity contribution in [1.82, 2.24) is 9.59 Å². The molecule has 0 saturated carbocycles. The zero-order chi connectivity index (χ0) is 15.4. The van der Waals surface area contributed by atoms with Gasteiger partial charge in [0.25, 0.3) is 5.91 Å². The lowest BCUT2D eigenvalue weighted by Gasteiger charge is -2.06. The number of aromatic nitrogens is 2. The average molecular weight is 325 g/mol. The monoisotopic (exact) mass is 325 g/mol. The van der Waals surface area contributed by atoms with E-state index in [1.165, 1.54) is 18.4 Å².